The maximum atomic E-state index is 10.7. The lowest BCUT2D eigenvalue weighted by Crippen LogP contribution is -2.50. The first-order chi connectivity index (χ1) is 15.7. The molecule has 8 nitrogen and oxygen atoms in total. The molecule has 4 rings (SSSR count). The van der Waals surface area contributed by atoms with Crippen molar-refractivity contribution in [3.05, 3.63) is 40.6 Å². The molecule has 0 bridgehead atoms. The van der Waals surface area contributed by atoms with Gasteiger partial charge in [-0.1, -0.05) is 12.5 Å². The Morgan fingerprint density at radius 3 is 2.67 bits per heavy atom. The van der Waals surface area contributed by atoms with Gasteiger partial charge in [0.2, 0.25) is 5.89 Å². The van der Waals surface area contributed by atoms with Crippen LogP contribution in [0.25, 0.3) is 17.4 Å². The van der Waals surface area contributed by atoms with E-state index in [1.165, 1.54) is 0 Å². The van der Waals surface area contributed by atoms with Crippen LogP contribution < -0.4 is 0 Å². The topological polar surface area (TPSA) is 121 Å². The molecule has 0 saturated carbocycles. The number of rotatable bonds is 8. The van der Waals surface area contributed by atoms with Crippen molar-refractivity contribution in [3.63, 3.8) is 0 Å². The summed E-state index contributed by atoms with van der Waals surface area (Å²) in [5, 5.41) is 31.1. The molecule has 33 heavy (non-hydrogen) atoms. The van der Waals surface area contributed by atoms with Crippen LogP contribution in [0.4, 0.5) is 0 Å². The molecule has 0 radical (unpaired) electrons. The van der Waals surface area contributed by atoms with Gasteiger partial charge in [-0.3, -0.25) is 0 Å². The van der Waals surface area contributed by atoms with Crippen molar-refractivity contribution in [1.82, 2.24) is 9.97 Å². The number of hydrogen-bond acceptors (Lipinski definition) is 8. The van der Waals surface area contributed by atoms with Crippen molar-refractivity contribution in [3.8, 4) is 11.3 Å². The fraction of sp³-hybridized carbons (Fsp3) is 0.583. The summed E-state index contributed by atoms with van der Waals surface area (Å²) in [5.74, 6) is 0.911. The van der Waals surface area contributed by atoms with E-state index in [-0.39, 0.29) is 24.0 Å². The van der Waals surface area contributed by atoms with E-state index < -0.39 is 24.4 Å². The quantitative estimate of drug-likeness (QED) is 0.356. The van der Waals surface area contributed by atoms with E-state index in [2.05, 4.69) is 25.9 Å². The minimum atomic E-state index is -0.993. The molecule has 3 N–H and O–H groups in total. The average Bonchev–Trinajstić information content (AvgIpc) is 3.40. The largest absolute Gasteiger partial charge is 0.437 e. The van der Waals surface area contributed by atoms with Gasteiger partial charge >= 0.3 is 0 Å². The number of aliphatic hydroxyl groups excluding tert-OH is 3. The minimum Gasteiger partial charge on any atom is -0.437 e. The fourth-order valence-electron chi connectivity index (χ4n) is 4.31. The van der Waals surface area contributed by atoms with Crippen LogP contribution in [-0.4, -0.2) is 68.5 Å². The molecule has 2 aliphatic heterocycles. The predicted molar refractivity (Wildman–Crippen MR) is 125 cm³/mol. The lowest BCUT2D eigenvalue weighted by molar-refractivity contribution is -0.165. The summed E-state index contributed by atoms with van der Waals surface area (Å²) in [7, 11) is 0. The first kappa shape index (κ1) is 24.5. The Kier molecular flexibility index (Phi) is 7.67. The molecule has 2 aliphatic rings. The highest BCUT2D eigenvalue weighted by Gasteiger charge is 2.48. The normalized spacial score (nSPS) is 31.9. The standard InChI is InChI=1S/C24H31BrN2O6/c1-12(7-21-27-10-19(32-21)15-4-5-20(25)26-9-15)6-17-23(30)22(29)16(11-31-17)8-18-24(33-18)13(2)14(3)28/h4-5,7,9-10,13-14,16-18,22-24,28-30H,6,8,11H2,1-3H3/b12-7+/t13-,14-,16-,17-,18-,22+,23-,24-/m0/s1. The Morgan fingerprint density at radius 2 is 1.97 bits per heavy atom. The zero-order valence-electron chi connectivity index (χ0n) is 19.0. The van der Waals surface area contributed by atoms with E-state index in [0.717, 1.165) is 15.7 Å². The number of aromatic nitrogens is 2. The number of epoxide rings is 1. The predicted octanol–water partition coefficient (Wildman–Crippen LogP) is 3.20. The van der Waals surface area contributed by atoms with Crippen molar-refractivity contribution >= 4 is 22.0 Å². The van der Waals surface area contributed by atoms with Crippen LogP contribution in [0.3, 0.4) is 0 Å². The second-order valence-electron chi connectivity index (χ2n) is 9.21. The van der Waals surface area contributed by atoms with Gasteiger partial charge in [-0.05, 0) is 60.8 Å². The fourth-order valence-corrected chi connectivity index (χ4v) is 4.54. The van der Waals surface area contributed by atoms with E-state index in [0.29, 0.717) is 31.1 Å². The van der Waals surface area contributed by atoms with Gasteiger partial charge in [-0.25, -0.2) is 9.97 Å². The molecule has 2 saturated heterocycles. The Hall–Kier alpha value is -1.62. The Balaban J connectivity index is 1.31. The minimum absolute atomic E-state index is 0.00359. The van der Waals surface area contributed by atoms with Crippen molar-refractivity contribution in [1.29, 1.82) is 0 Å². The molecule has 2 aromatic heterocycles. The first-order valence-electron chi connectivity index (χ1n) is 11.3. The van der Waals surface area contributed by atoms with Crippen LogP contribution in [0.15, 0.2) is 39.1 Å². The second kappa shape index (κ2) is 10.3. The highest BCUT2D eigenvalue weighted by molar-refractivity contribution is 9.10. The SMILES string of the molecule is C/C(=C\c1ncc(-c2ccc(Br)nc2)o1)C[C@@H]1OC[C@H](C[C@@H]2O[C@H]2[C@@H](C)[C@H](C)O)[C@@H](O)[C@H]1O. The molecular weight excluding hydrogens is 492 g/mol. The highest BCUT2D eigenvalue weighted by Crippen LogP contribution is 2.38. The summed E-state index contributed by atoms with van der Waals surface area (Å²) in [4.78, 5) is 8.49. The molecule has 180 valence electrons. The number of ether oxygens (including phenoxy) is 2. The monoisotopic (exact) mass is 522 g/mol. The third kappa shape index (κ3) is 5.90. The summed E-state index contributed by atoms with van der Waals surface area (Å²) >= 11 is 3.31. The number of oxazole rings is 1. The Morgan fingerprint density at radius 1 is 1.18 bits per heavy atom. The summed E-state index contributed by atoms with van der Waals surface area (Å²) in [6, 6.07) is 3.73. The molecule has 2 aromatic rings. The molecule has 9 heteroatoms. The van der Waals surface area contributed by atoms with Crippen molar-refractivity contribution in [2.45, 2.75) is 70.2 Å². The molecule has 0 aliphatic carbocycles. The summed E-state index contributed by atoms with van der Waals surface area (Å²) in [6.07, 6.45) is 3.37. The van der Waals surface area contributed by atoms with Crippen LogP contribution in [0.2, 0.25) is 0 Å². The van der Waals surface area contributed by atoms with Crippen LogP contribution in [0.1, 0.15) is 39.5 Å². The van der Waals surface area contributed by atoms with Crippen LogP contribution in [-0.2, 0) is 9.47 Å². The summed E-state index contributed by atoms with van der Waals surface area (Å²) in [5.41, 5.74) is 1.75. The van der Waals surface area contributed by atoms with Gasteiger partial charge in [0.25, 0.3) is 0 Å². The molecule has 0 spiro atoms. The number of pyridine rings is 1. The van der Waals surface area contributed by atoms with Gasteiger partial charge in [-0.15, -0.1) is 0 Å². The molecular formula is C24H31BrN2O6. The van der Waals surface area contributed by atoms with E-state index in [4.69, 9.17) is 13.9 Å². The molecule has 0 amide bonds. The van der Waals surface area contributed by atoms with Gasteiger partial charge < -0.3 is 29.2 Å². The molecule has 8 atom stereocenters. The zero-order valence-corrected chi connectivity index (χ0v) is 20.6. The average molecular weight is 523 g/mol. The van der Waals surface area contributed by atoms with Crippen molar-refractivity contribution < 1.29 is 29.2 Å². The molecule has 4 heterocycles. The Bertz CT molecular complexity index is 962. The first-order valence-corrected chi connectivity index (χ1v) is 12.1. The zero-order chi connectivity index (χ0) is 23.7. The van der Waals surface area contributed by atoms with Gasteiger partial charge in [0.05, 0.1) is 43.3 Å². The Labute approximate surface area is 201 Å². The van der Waals surface area contributed by atoms with Crippen LogP contribution in [0, 0.1) is 11.8 Å². The molecule has 2 fully saturated rings. The van der Waals surface area contributed by atoms with Gasteiger partial charge in [0.1, 0.15) is 10.7 Å². The van der Waals surface area contributed by atoms with E-state index in [1.807, 2.05) is 32.1 Å². The smallest absolute Gasteiger partial charge is 0.219 e. The third-order valence-electron chi connectivity index (χ3n) is 6.60. The van der Waals surface area contributed by atoms with Crippen LogP contribution >= 0.6 is 15.9 Å². The number of halogens is 1. The van der Waals surface area contributed by atoms with Crippen molar-refractivity contribution in [2.75, 3.05) is 6.61 Å². The maximum absolute atomic E-state index is 10.7. The number of aliphatic hydroxyl groups is 3. The molecule has 0 aromatic carbocycles. The van der Waals surface area contributed by atoms with Gasteiger partial charge in [0.15, 0.2) is 5.76 Å². The third-order valence-corrected chi connectivity index (χ3v) is 7.07. The lowest BCUT2D eigenvalue weighted by atomic mass is 9.85. The summed E-state index contributed by atoms with van der Waals surface area (Å²) in [6.45, 7) is 5.98. The summed E-state index contributed by atoms with van der Waals surface area (Å²) < 4.78 is 18.2. The highest BCUT2D eigenvalue weighted by atomic mass is 79.9. The van der Waals surface area contributed by atoms with Crippen molar-refractivity contribution in [2.24, 2.45) is 11.8 Å². The maximum Gasteiger partial charge on any atom is 0.219 e. The van der Waals surface area contributed by atoms with Gasteiger partial charge in [-0.2, -0.15) is 0 Å². The lowest BCUT2D eigenvalue weighted by Gasteiger charge is -2.38. The van der Waals surface area contributed by atoms with Gasteiger partial charge in [0, 0.05) is 23.6 Å². The van der Waals surface area contributed by atoms with E-state index >= 15 is 0 Å². The number of hydrogen-bond donors (Lipinski definition) is 3. The van der Waals surface area contributed by atoms with E-state index in [9.17, 15) is 15.3 Å². The van der Waals surface area contributed by atoms with E-state index in [1.54, 1.807) is 19.3 Å². The second-order valence-corrected chi connectivity index (χ2v) is 10.0. The van der Waals surface area contributed by atoms with Crippen LogP contribution in [0.5, 0.6) is 0 Å². The number of nitrogens with zero attached hydrogens (tertiary/aromatic N) is 2. The molecule has 0 unspecified atom stereocenters.